The first kappa shape index (κ1) is 21.0. The van der Waals surface area contributed by atoms with E-state index in [4.69, 9.17) is 21.1 Å². The summed E-state index contributed by atoms with van der Waals surface area (Å²) in [4.78, 5) is 37.2. The number of likely N-dealkylation sites (N-methyl/N-ethyl adjacent to an activating group) is 1. The fourth-order valence-corrected chi connectivity index (χ4v) is 2.37. The molecule has 28 heavy (non-hydrogen) atoms. The summed E-state index contributed by atoms with van der Waals surface area (Å²) in [5, 5.41) is 12.8. The van der Waals surface area contributed by atoms with Crippen LogP contribution in [0.3, 0.4) is 0 Å². The molecule has 2 rings (SSSR count). The van der Waals surface area contributed by atoms with Crippen LogP contribution in [0.4, 0.5) is 5.69 Å². The number of esters is 1. The SMILES string of the molecule is COc1ccc(C(=O)OCC(=O)N(C)CC(=O)Nc2ccccc2Cl)c(O)c1. The zero-order valence-corrected chi connectivity index (χ0v) is 16.0. The summed E-state index contributed by atoms with van der Waals surface area (Å²) in [7, 11) is 2.82. The molecular formula is C19H19ClN2O6. The molecule has 2 amide bonds. The largest absolute Gasteiger partial charge is 0.507 e. The van der Waals surface area contributed by atoms with Gasteiger partial charge in [-0.15, -0.1) is 0 Å². The minimum absolute atomic E-state index is 0.104. The van der Waals surface area contributed by atoms with Gasteiger partial charge < -0.3 is 24.8 Å². The molecule has 2 aromatic rings. The van der Waals surface area contributed by atoms with E-state index in [9.17, 15) is 19.5 Å². The van der Waals surface area contributed by atoms with Gasteiger partial charge in [-0.3, -0.25) is 9.59 Å². The van der Waals surface area contributed by atoms with Crippen LogP contribution in [-0.4, -0.2) is 55.1 Å². The number of nitrogens with zero attached hydrogens (tertiary/aromatic N) is 1. The minimum Gasteiger partial charge on any atom is -0.507 e. The number of ether oxygens (including phenoxy) is 2. The molecule has 0 aromatic heterocycles. The number of carbonyl (C=O) groups is 3. The lowest BCUT2D eigenvalue weighted by Gasteiger charge is -2.17. The molecule has 9 heteroatoms. The second-order valence-electron chi connectivity index (χ2n) is 5.74. The van der Waals surface area contributed by atoms with Gasteiger partial charge in [-0.2, -0.15) is 0 Å². The van der Waals surface area contributed by atoms with Crippen LogP contribution in [0.1, 0.15) is 10.4 Å². The molecule has 0 saturated carbocycles. The van der Waals surface area contributed by atoms with Gasteiger partial charge in [0.25, 0.3) is 5.91 Å². The molecule has 0 atom stereocenters. The Morgan fingerprint density at radius 3 is 2.54 bits per heavy atom. The molecule has 0 heterocycles. The summed E-state index contributed by atoms with van der Waals surface area (Å²) in [6.45, 7) is -0.838. The minimum atomic E-state index is -0.873. The summed E-state index contributed by atoms with van der Waals surface area (Å²) in [5.74, 6) is -1.88. The number of benzene rings is 2. The zero-order valence-electron chi connectivity index (χ0n) is 15.3. The molecular weight excluding hydrogens is 388 g/mol. The Labute approximate surface area is 166 Å². The van der Waals surface area contributed by atoms with E-state index in [1.165, 1.54) is 32.4 Å². The van der Waals surface area contributed by atoms with Crippen molar-refractivity contribution in [2.75, 3.05) is 32.6 Å². The summed E-state index contributed by atoms with van der Waals surface area (Å²) in [6.07, 6.45) is 0. The van der Waals surface area contributed by atoms with Crippen LogP contribution >= 0.6 is 11.6 Å². The molecule has 0 saturated heterocycles. The molecule has 0 radical (unpaired) electrons. The van der Waals surface area contributed by atoms with Gasteiger partial charge >= 0.3 is 5.97 Å². The molecule has 0 aliphatic heterocycles. The third-order valence-corrected chi connectivity index (χ3v) is 4.04. The monoisotopic (exact) mass is 406 g/mol. The number of hydrogen-bond acceptors (Lipinski definition) is 6. The summed E-state index contributed by atoms with van der Waals surface area (Å²) >= 11 is 5.96. The quantitative estimate of drug-likeness (QED) is 0.683. The summed E-state index contributed by atoms with van der Waals surface area (Å²) in [6, 6.07) is 10.7. The first-order valence-electron chi connectivity index (χ1n) is 8.14. The lowest BCUT2D eigenvalue weighted by molar-refractivity contribution is -0.136. The molecule has 0 spiro atoms. The molecule has 2 aromatic carbocycles. The Kier molecular flexibility index (Phi) is 7.22. The highest BCUT2D eigenvalue weighted by atomic mass is 35.5. The highest BCUT2D eigenvalue weighted by Gasteiger charge is 2.18. The standard InChI is InChI=1S/C19H19ClN2O6/c1-22(10-17(24)21-15-6-4-3-5-14(15)20)18(25)11-28-19(26)13-8-7-12(27-2)9-16(13)23/h3-9,23H,10-11H2,1-2H3,(H,21,24). The van der Waals surface area contributed by atoms with E-state index >= 15 is 0 Å². The number of aromatic hydroxyl groups is 1. The van der Waals surface area contributed by atoms with Gasteiger partial charge in [-0.25, -0.2) is 4.79 Å². The number of phenols is 1. The van der Waals surface area contributed by atoms with Crippen molar-refractivity contribution in [3.05, 3.63) is 53.1 Å². The third-order valence-electron chi connectivity index (χ3n) is 3.71. The zero-order chi connectivity index (χ0) is 20.7. The molecule has 2 N–H and O–H groups in total. The lowest BCUT2D eigenvalue weighted by Crippen LogP contribution is -2.37. The van der Waals surface area contributed by atoms with Crippen molar-refractivity contribution >= 4 is 35.1 Å². The molecule has 0 fully saturated rings. The van der Waals surface area contributed by atoms with Crippen molar-refractivity contribution in [3.63, 3.8) is 0 Å². The van der Waals surface area contributed by atoms with Crippen molar-refractivity contribution in [3.8, 4) is 11.5 Å². The van der Waals surface area contributed by atoms with Gasteiger partial charge in [0.2, 0.25) is 5.91 Å². The maximum absolute atomic E-state index is 12.1. The fourth-order valence-electron chi connectivity index (χ4n) is 2.18. The molecule has 0 unspecified atom stereocenters. The van der Waals surface area contributed by atoms with Crippen molar-refractivity contribution in [2.45, 2.75) is 0 Å². The number of hydrogen-bond donors (Lipinski definition) is 2. The van der Waals surface area contributed by atoms with E-state index in [-0.39, 0.29) is 17.9 Å². The second-order valence-corrected chi connectivity index (χ2v) is 6.14. The van der Waals surface area contributed by atoms with Crippen molar-refractivity contribution in [1.82, 2.24) is 4.90 Å². The fraction of sp³-hybridized carbons (Fsp3) is 0.211. The van der Waals surface area contributed by atoms with Gasteiger partial charge in [-0.1, -0.05) is 23.7 Å². The van der Waals surface area contributed by atoms with E-state index in [2.05, 4.69) is 5.32 Å². The van der Waals surface area contributed by atoms with Crippen LogP contribution in [0.25, 0.3) is 0 Å². The summed E-state index contributed by atoms with van der Waals surface area (Å²) in [5.41, 5.74) is 0.323. The van der Waals surface area contributed by atoms with E-state index in [1.807, 2.05) is 0 Å². The summed E-state index contributed by atoms with van der Waals surface area (Å²) < 4.78 is 9.83. The van der Waals surface area contributed by atoms with Crippen molar-refractivity contribution in [1.29, 1.82) is 0 Å². The van der Waals surface area contributed by atoms with E-state index in [0.29, 0.717) is 16.5 Å². The van der Waals surface area contributed by atoms with Crippen LogP contribution in [0.5, 0.6) is 11.5 Å². The number of methoxy groups -OCH3 is 1. The van der Waals surface area contributed by atoms with Gasteiger partial charge in [0.05, 0.1) is 24.4 Å². The highest BCUT2D eigenvalue weighted by Crippen LogP contribution is 2.24. The number of nitrogens with one attached hydrogen (secondary N) is 1. The Bertz CT molecular complexity index is 886. The number of para-hydroxylation sites is 1. The Morgan fingerprint density at radius 2 is 1.89 bits per heavy atom. The van der Waals surface area contributed by atoms with Crippen LogP contribution in [0.2, 0.25) is 5.02 Å². The number of carbonyl (C=O) groups excluding carboxylic acids is 3. The molecule has 0 bridgehead atoms. The first-order chi connectivity index (χ1) is 13.3. The van der Waals surface area contributed by atoms with Crippen molar-refractivity contribution in [2.24, 2.45) is 0 Å². The van der Waals surface area contributed by atoms with Gasteiger partial charge in [0.15, 0.2) is 6.61 Å². The average Bonchev–Trinajstić information content (AvgIpc) is 2.67. The smallest absolute Gasteiger partial charge is 0.342 e. The van der Waals surface area contributed by atoms with Crippen LogP contribution < -0.4 is 10.1 Å². The average molecular weight is 407 g/mol. The maximum Gasteiger partial charge on any atom is 0.342 e. The van der Waals surface area contributed by atoms with Crippen LogP contribution in [-0.2, 0) is 14.3 Å². The Hall–Kier alpha value is -3.26. The van der Waals surface area contributed by atoms with Crippen LogP contribution in [0.15, 0.2) is 42.5 Å². The predicted molar refractivity (Wildman–Crippen MR) is 103 cm³/mol. The van der Waals surface area contributed by atoms with Crippen molar-refractivity contribution < 1.29 is 29.0 Å². The van der Waals surface area contributed by atoms with Gasteiger partial charge in [-0.05, 0) is 24.3 Å². The second kappa shape index (κ2) is 9.61. The number of halogens is 1. The maximum atomic E-state index is 12.1. The number of amides is 2. The Morgan fingerprint density at radius 1 is 1.18 bits per heavy atom. The number of anilines is 1. The number of rotatable bonds is 7. The van der Waals surface area contributed by atoms with Gasteiger partial charge in [0.1, 0.15) is 17.1 Å². The van der Waals surface area contributed by atoms with Crippen LogP contribution in [0, 0.1) is 0 Å². The number of phenolic OH excluding ortho intramolecular Hbond substituents is 1. The lowest BCUT2D eigenvalue weighted by atomic mass is 10.2. The first-order valence-corrected chi connectivity index (χ1v) is 8.52. The molecule has 0 aliphatic carbocycles. The van der Waals surface area contributed by atoms with E-state index in [1.54, 1.807) is 24.3 Å². The van der Waals surface area contributed by atoms with E-state index in [0.717, 1.165) is 4.90 Å². The third kappa shape index (κ3) is 5.62. The molecule has 8 nitrogen and oxygen atoms in total. The normalized spacial score (nSPS) is 10.1. The Balaban J connectivity index is 1.86. The highest BCUT2D eigenvalue weighted by molar-refractivity contribution is 6.33. The van der Waals surface area contributed by atoms with Gasteiger partial charge in [0, 0.05) is 13.1 Å². The topological polar surface area (TPSA) is 105 Å². The van der Waals surface area contributed by atoms with E-state index < -0.39 is 24.4 Å². The predicted octanol–water partition coefficient (Wildman–Crippen LogP) is 2.31. The molecule has 148 valence electrons. The molecule has 0 aliphatic rings.